The number of allylic oxidation sites excluding steroid dienone is 1. The summed E-state index contributed by atoms with van der Waals surface area (Å²) in [7, 11) is 0. The largest absolute Gasteiger partial charge is 0.504 e. The van der Waals surface area contributed by atoms with E-state index >= 15 is 0 Å². The molecule has 0 bridgehead atoms. The van der Waals surface area contributed by atoms with Crippen molar-refractivity contribution in [3.05, 3.63) is 64.5 Å². The average molecular weight is 574 g/mol. The molecule has 2 aromatic carbocycles. The summed E-state index contributed by atoms with van der Waals surface area (Å²) in [6.07, 6.45) is 11.0. The second kappa shape index (κ2) is 9.27. The van der Waals surface area contributed by atoms with Crippen LogP contribution in [0.1, 0.15) is 108 Å². The molecule has 3 fully saturated rings. The average Bonchev–Trinajstić information content (AvgIpc) is 3.08. The van der Waals surface area contributed by atoms with Gasteiger partial charge in [-0.15, -0.1) is 11.8 Å². The van der Waals surface area contributed by atoms with Crippen molar-refractivity contribution in [2.75, 3.05) is 0 Å². The van der Waals surface area contributed by atoms with Gasteiger partial charge in [-0.05, 0) is 134 Å². The maximum absolute atomic E-state index is 13.8. The van der Waals surface area contributed by atoms with Gasteiger partial charge in [-0.25, -0.2) is 4.39 Å². The van der Waals surface area contributed by atoms with E-state index in [1.807, 2.05) is 25.1 Å². The number of phenolic OH excluding ortho intramolecular Hbond substituents is 2. The van der Waals surface area contributed by atoms with Crippen LogP contribution in [-0.4, -0.2) is 10.2 Å². The van der Waals surface area contributed by atoms with Crippen LogP contribution in [0.15, 0.2) is 46.9 Å². The van der Waals surface area contributed by atoms with E-state index < -0.39 is 0 Å². The molecular weight excluding hydrogens is 529 g/mol. The second-order valence-corrected chi connectivity index (χ2v) is 16.1. The van der Waals surface area contributed by atoms with Gasteiger partial charge in [-0.2, -0.15) is 5.26 Å². The molecule has 41 heavy (non-hydrogen) atoms. The predicted molar refractivity (Wildman–Crippen MR) is 163 cm³/mol. The van der Waals surface area contributed by atoms with Gasteiger partial charge in [0.25, 0.3) is 0 Å². The highest BCUT2D eigenvalue weighted by Gasteiger charge is 2.65. The smallest absolute Gasteiger partial charge is 0.160 e. The lowest BCUT2D eigenvalue weighted by Gasteiger charge is -2.68. The molecule has 1 unspecified atom stereocenters. The summed E-state index contributed by atoms with van der Waals surface area (Å²) in [5.41, 5.74) is 4.17. The Balaban J connectivity index is 1.51. The van der Waals surface area contributed by atoms with Gasteiger partial charge in [0, 0.05) is 10.3 Å². The molecule has 0 saturated heterocycles. The van der Waals surface area contributed by atoms with Crippen LogP contribution in [-0.2, 0) is 5.41 Å². The van der Waals surface area contributed by atoms with Crippen molar-refractivity contribution in [2.24, 2.45) is 27.6 Å². The summed E-state index contributed by atoms with van der Waals surface area (Å²) in [6.45, 7) is 14.0. The van der Waals surface area contributed by atoms with Gasteiger partial charge in [0.2, 0.25) is 0 Å². The summed E-state index contributed by atoms with van der Waals surface area (Å²) >= 11 is 1.69. The summed E-state index contributed by atoms with van der Waals surface area (Å²) in [4.78, 5) is 0.981. The quantitative estimate of drug-likeness (QED) is 0.277. The Morgan fingerprint density at radius 3 is 2.29 bits per heavy atom. The molecule has 0 radical (unpaired) electrons. The van der Waals surface area contributed by atoms with E-state index in [0.717, 1.165) is 73.0 Å². The Hall–Kier alpha value is -2.45. The Labute approximate surface area is 249 Å². The fraction of sp³-hybridized carbons (Fsp3) is 0.583. The number of nitriles is 1. The van der Waals surface area contributed by atoms with E-state index in [9.17, 15) is 19.9 Å². The summed E-state index contributed by atoms with van der Waals surface area (Å²) in [6, 6.07) is 11.2. The minimum Gasteiger partial charge on any atom is -0.504 e. The third kappa shape index (κ3) is 4.03. The van der Waals surface area contributed by atoms with Crippen molar-refractivity contribution in [1.29, 1.82) is 5.26 Å². The van der Waals surface area contributed by atoms with Crippen LogP contribution in [0.4, 0.5) is 4.39 Å². The summed E-state index contributed by atoms with van der Waals surface area (Å²) < 4.78 is 13.8. The first-order valence-corrected chi connectivity index (χ1v) is 16.2. The van der Waals surface area contributed by atoms with Crippen molar-refractivity contribution in [2.45, 2.75) is 108 Å². The van der Waals surface area contributed by atoms with E-state index in [2.05, 4.69) is 46.8 Å². The van der Waals surface area contributed by atoms with Crippen LogP contribution < -0.4 is 0 Å². The third-order valence-corrected chi connectivity index (χ3v) is 13.9. The molecule has 2 N–H and O–H groups in total. The van der Waals surface area contributed by atoms with Gasteiger partial charge in [-0.3, -0.25) is 0 Å². The standard InChI is InChI=1S/C36H44FNO2S/c1-22-30-25(19-26(39)31(22)40)34(4)16-18-35(5)28-11-12-32(2,21-38)13-14-33(28,3)15-17-36(35,6)29(34)20-27(30)41-24-9-7-23(37)8-10-24/h7-10,19-20,27-28,39-40H,11-18H2,1-6H3/t27?,28-,32-,33+,34-,35-,36+/m0/s1. The number of nitrogens with zero attached hydrogens (tertiary/aromatic N) is 1. The number of rotatable bonds is 2. The van der Waals surface area contributed by atoms with Gasteiger partial charge < -0.3 is 10.2 Å². The van der Waals surface area contributed by atoms with Crippen LogP contribution in [0.2, 0.25) is 0 Å². The molecule has 3 saturated carbocycles. The van der Waals surface area contributed by atoms with Gasteiger partial charge in [-0.1, -0.05) is 39.3 Å². The SMILES string of the molecule is Cc1c(O)c(O)cc2c1C(Sc1ccc(F)cc1)C=C1[C@@]2(C)CC[C@@]2(C)[C@H]3CC[C@](C)(C#N)CC[C@]3(C)CC[C@]12C. The van der Waals surface area contributed by atoms with E-state index in [-0.39, 0.29) is 49.6 Å². The Morgan fingerprint density at radius 1 is 0.927 bits per heavy atom. The van der Waals surface area contributed by atoms with Crippen LogP contribution in [0.25, 0.3) is 0 Å². The molecular formula is C36H44FNO2S. The number of halogens is 1. The highest BCUT2D eigenvalue weighted by atomic mass is 32.2. The molecule has 2 aromatic rings. The number of thioether (sulfide) groups is 1. The first-order chi connectivity index (χ1) is 19.2. The van der Waals surface area contributed by atoms with Crippen LogP contribution >= 0.6 is 11.8 Å². The predicted octanol–water partition coefficient (Wildman–Crippen LogP) is 9.90. The van der Waals surface area contributed by atoms with Gasteiger partial charge in [0.05, 0.1) is 16.7 Å². The number of hydrogen-bond donors (Lipinski definition) is 2. The lowest BCUT2D eigenvalue weighted by Crippen LogP contribution is -2.60. The molecule has 0 aliphatic heterocycles. The van der Waals surface area contributed by atoms with Gasteiger partial charge in [0.1, 0.15) is 5.82 Å². The van der Waals surface area contributed by atoms with Crippen molar-refractivity contribution in [3.63, 3.8) is 0 Å². The molecule has 7 atom stereocenters. The van der Waals surface area contributed by atoms with Crippen molar-refractivity contribution in [1.82, 2.24) is 0 Å². The monoisotopic (exact) mass is 573 g/mol. The number of benzene rings is 2. The Bertz CT molecular complexity index is 1480. The minimum absolute atomic E-state index is 0.0434. The lowest BCUT2D eigenvalue weighted by atomic mass is 9.36. The zero-order valence-corrected chi connectivity index (χ0v) is 26.2. The molecule has 0 heterocycles. The van der Waals surface area contributed by atoms with E-state index in [4.69, 9.17) is 0 Å². The third-order valence-electron chi connectivity index (χ3n) is 12.7. The van der Waals surface area contributed by atoms with Crippen LogP contribution in [0.5, 0.6) is 11.5 Å². The molecule has 218 valence electrons. The second-order valence-electron chi connectivity index (χ2n) is 14.9. The first-order valence-electron chi connectivity index (χ1n) is 15.3. The number of phenols is 2. The van der Waals surface area contributed by atoms with Crippen molar-refractivity contribution in [3.8, 4) is 17.6 Å². The molecule has 6 rings (SSSR count). The molecule has 0 spiro atoms. The fourth-order valence-electron chi connectivity index (χ4n) is 9.78. The minimum atomic E-state index is -0.251. The highest BCUT2D eigenvalue weighted by molar-refractivity contribution is 7.99. The van der Waals surface area contributed by atoms with E-state index in [1.54, 1.807) is 11.8 Å². The number of hydrogen-bond acceptors (Lipinski definition) is 4. The summed E-state index contributed by atoms with van der Waals surface area (Å²) in [5.74, 6) is 0.186. The Kier molecular flexibility index (Phi) is 6.48. The number of aromatic hydroxyl groups is 2. The molecule has 3 nitrogen and oxygen atoms in total. The topological polar surface area (TPSA) is 64.2 Å². The normalized spacial score (nSPS) is 39.7. The zero-order valence-electron chi connectivity index (χ0n) is 25.4. The number of fused-ring (bicyclic) bond motifs is 7. The molecule has 4 aliphatic carbocycles. The molecule has 4 aliphatic rings. The van der Waals surface area contributed by atoms with Gasteiger partial charge >= 0.3 is 0 Å². The van der Waals surface area contributed by atoms with Gasteiger partial charge in [0.15, 0.2) is 11.5 Å². The fourth-order valence-corrected chi connectivity index (χ4v) is 11.0. The van der Waals surface area contributed by atoms with Crippen molar-refractivity contribution >= 4 is 11.8 Å². The lowest BCUT2D eigenvalue weighted by molar-refractivity contribution is -0.123. The molecule has 5 heteroatoms. The maximum Gasteiger partial charge on any atom is 0.160 e. The molecule has 0 amide bonds. The van der Waals surface area contributed by atoms with Crippen LogP contribution in [0, 0.1) is 51.6 Å². The first kappa shape index (κ1) is 28.7. The highest BCUT2D eigenvalue weighted by Crippen LogP contribution is 2.74. The van der Waals surface area contributed by atoms with Crippen molar-refractivity contribution < 1.29 is 14.6 Å². The van der Waals surface area contributed by atoms with E-state index in [1.165, 1.54) is 17.7 Å². The Morgan fingerprint density at radius 2 is 1.61 bits per heavy atom. The molecule has 0 aromatic heterocycles. The van der Waals surface area contributed by atoms with Crippen LogP contribution in [0.3, 0.4) is 0 Å². The zero-order chi connectivity index (χ0) is 29.6. The maximum atomic E-state index is 13.8. The summed E-state index contributed by atoms with van der Waals surface area (Å²) in [5, 5.41) is 31.7. The van der Waals surface area contributed by atoms with E-state index in [0.29, 0.717) is 5.92 Å².